The number of anilines is 1. The van der Waals surface area contributed by atoms with E-state index >= 15 is 0 Å². The Morgan fingerprint density at radius 1 is 1.00 bits per heavy atom. The highest BCUT2D eigenvalue weighted by Gasteiger charge is 1.99. The number of hydrogen-bond donors (Lipinski definition) is 1. The summed E-state index contributed by atoms with van der Waals surface area (Å²) in [5, 5.41) is 0. The van der Waals surface area contributed by atoms with Gasteiger partial charge in [-0.05, 0) is 49.1 Å². The number of hydrogen-bond acceptors (Lipinski definition) is 2. The summed E-state index contributed by atoms with van der Waals surface area (Å²) in [5.41, 5.74) is 5.24. The Labute approximate surface area is 107 Å². The molecule has 0 saturated heterocycles. The summed E-state index contributed by atoms with van der Waals surface area (Å²) in [5.74, 6) is 0.987. The van der Waals surface area contributed by atoms with E-state index < -0.39 is 0 Å². The van der Waals surface area contributed by atoms with E-state index in [1.807, 2.05) is 18.2 Å². The molecule has 0 bridgehead atoms. The molecule has 0 aliphatic carbocycles. The van der Waals surface area contributed by atoms with Gasteiger partial charge in [-0.2, -0.15) is 0 Å². The van der Waals surface area contributed by atoms with Gasteiger partial charge in [0.1, 0.15) is 0 Å². The molecule has 2 aromatic carbocycles. The zero-order chi connectivity index (χ0) is 12.1. The average molecular weight is 243 g/mol. The summed E-state index contributed by atoms with van der Waals surface area (Å²) in [6.07, 6.45) is 0. The van der Waals surface area contributed by atoms with Crippen molar-refractivity contribution in [1.29, 1.82) is 0 Å². The van der Waals surface area contributed by atoms with Crippen LogP contribution in [0.3, 0.4) is 0 Å². The highest BCUT2D eigenvalue weighted by atomic mass is 32.2. The molecule has 1 nitrogen and oxygen atoms in total. The van der Waals surface area contributed by atoms with Crippen LogP contribution in [0.1, 0.15) is 16.7 Å². The first-order chi connectivity index (χ1) is 8.25. The number of benzene rings is 2. The molecule has 0 atom stereocenters. The maximum atomic E-state index is 3.35. The third-order valence-electron chi connectivity index (χ3n) is 2.69. The van der Waals surface area contributed by atoms with Crippen molar-refractivity contribution in [3.05, 3.63) is 65.2 Å². The standard InChI is InChI=1S/C15H17NS/c1-12-8-9-14(13(2)10-12)11-17-16-15-6-4-3-5-7-15/h3-10,16H,11H2,1-2H3. The number of para-hydroxylation sites is 1. The minimum absolute atomic E-state index is 0.987. The van der Waals surface area contributed by atoms with E-state index in [1.54, 1.807) is 11.9 Å². The van der Waals surface area contributed by atoms with Gasteiger partial charge in [0.2, 0.25) is 0 Å². The van der Waals surface area contributed by atoms with E-state index in [1.165, 1.54) is 16.7 Å². The second-order valence-corrected chi connectivity index (χ2v) is 4.97. The Balaban J connectivity index is 1.90. The molecule has 0 aliphatic rings. The third kappa shape index (κ3) is 3.53. The van der Waals surface area contributed by atoms with Gasteiger partial charge >= 0.3 is 0 Å². The normalized spacial score (nSPS) is 10.2. The number of nitrogens with one attached hydrogen (secondary N) is 1. The molecule has 0 aromatic heterocycles. The van der Waals surface area contributed by atoms with Crippen LogP contribution in [0.5, 0.6) is 0 Å². The van der Waals surface area contributed by atoms with E-state index in [0.29, 0.717) is 0 Å². The van der Waals surface area contributed by atoms with Crippen LogP contribution in [0.15, 0.2) is 48.5 Å². The van der Waals surface area contributed by atoms with Crippen molar-refractivity contribution < 1.29 is 0 Å². The molecule has 0 unspecified atom stereocenters. The van der Waals surface area contributed by atoms with Crippen LogP contribution in [0.2, 0.25) is 0 Å². The van der Waals surface area contributed by atoms with Crippen LogP contribution in [-0.4, -0.2) is 0 Å². The highest BCUT2D eigenvalue weighted by molar-refractivity contribution is 7.99. The fourth-order valence-corrected chi connectivity index (χ4v) is 2.57. The van der Waals surface area contributed by atoms with Gasteiger partial charge in [-0.15, -0.1) is 0 Å². The van der Waals surface area contributed by atoms with Crippen LogP contribution in [0.4, 0.5) is 5.69 Å². The number of aryl methyl sites for hydroxylation is 2. The van der Waals surface area contributed by atoms with Crippen molar-refractivity contribution >= 4 is 17.6 Å². The van der Waals surface area contributed by atoms with E-state index in [4.69, 9.17) is 0 Å². The Morgan fingerprint density at radius 3 is 2.47 bits per heavy atom. The van der Waals surface area contributed by atoms with Crippen molar-refractivity contribution in [2.75, 3.05) is 4.72 Å². The van der Waals surface area contributed by atoms with Crippen molar-refractivity contribution in [2.45, 2.75) is 19.6 Å². The predicted molar refractivity (Wildman–Crippen MR) is 77.3 cm³/mol. The minimum Gasteiger partial charge on any atom is -0.329 e. The summed E-state index contributed by atoms with van der Waals surface area (Å²) in [7, 11) is 0. The van der Waals surface area contributed by atoms with Crippen LogP contribution >= 0.6 is 11.9 Å². The van der Waals surface area contributed by atoms with Gasteiger partial charge < -0.3 is 4.72 Å². The fraction of sp³-hybridized carbons (Fsp3) is 0.200. The second-order valence-electron chi connectivity index (χ2n) is 4.19. The lowest BCUT2D eigenvalue weighted by Crippen LogP contribution is -1.91. The van der Waals surface area contributed by atoms with Crippen molar-refractivity contribution in [1.82, 2.24) is 0 Å². The first-order valence-electron chi connectivity index (χ1n) is 5.75. The first-order valence-corrected chi connectivity index (χ1v) is 6.73. The van der Waals surface area contributed by atoms with Gasteiger partial charge in [0.15, 0.2) is 0 Å². The Bertz CT molecular complexity index is 480. The Kier molecular flexibility index (Phi) is 4.10. The SMILES string of the molecule is Cc1ccc(CSNc2ccccc2)c(C)c1. The molecule has 0 spiro atoms. The van der Waals surface area contributed by atoms with Crippen molar-refractivity contribution in [2.24, 2.45) is 0 Å². The maximum Gasteiger partial charge on any atom is 0.0440 e. The maximum absolute atomic E-state index is 3.35. The summed E-state index contributed by atoms with van der Waals surface area (Å²) < 4.78 is 3.35. The monoisotopic (exact) mass is 243 g/mol. The summed E-state index contributed by atoms with van der Waals surface area (Å²) in [6.45, 7) is 4.30. The smallest absolute Gasteiger partial charge is 0.0440 e. The van der Waals surface area contributed by atoms with Gasteiger partial charge in [-0.3, -0.25) is 0 Å². The van der Waals surface area contributed by atoms with Crippen molar-refractivity contribution in [3.63, 3.8) is 0 Å². The lowest BCUT2D eigenvalue weighted by atomic mass is 10.1. The van der Waals surface area contributed by atoms with Crippen molar-refractivity contribution in [3.8, 4) is 0 Å². The van der Waals surface area contributed by atoms with E-state index in [0.717, 1.165) is 11.4 Å². The lowest BCUT2D eigenvalue weighted by Gasteiger charge is -2.08. The minimum atomic E-state index is 0.987. The van der Waals surface area contributed by atoms with Gasteiger partial charge in [-0.1, -0.05) is 42.0 Å². The van der Waals surface area contributed by atoms with Crippen LogP contribution < -0.4 is 4.72 Å². The van der Waals surface area contributed by atoms with Gasteiger partial charge in [0.25, 0.3) is 0 Å². The molecule has 0 heterocycles. The summed E-state index contributed by atoms with van der Waals surface area (Å²) in [4.78, 5) is 0. The van der Waals surface area contributed by atoms with E-state index in [9.17, 15) is 0 Å². The number of rotatable bonds is 4. The molecule has 17 heavy (non-hydrogen) atoms. The summed E-state index contributed by atoms with van der Waals surface area (Å²) >= 11 is 1.73. The first kappa shape index (κ1) is 12.1. The molecule has 0 amide bonds. The molecule has 2 aromatic rings. The third-order valence-corrected chi connectivity index (χ3v) is 3.52. The Hall–Kier alpha value is -1.41. The Morgan fingerprint density at radius 2 is 1.76 bits per heavy atom. The molecular formula is C15H17NS. The lowest BCUT2D eigenvalue weighted by molar-refractivity contribution is 1.28. The van der Waals surface area contributed by atoms with E-state index in [2.05, 4.69) is 48.9 Å². The van der Waals surface area contributed by atoms with Gasteiger partial charge in [-0.25, -0.2) is 0 Å². The molecule has 2 rings (SSSR count). The largest absolute Gasteiger partial charge is 0.329 e. The van der Waals surface area contributed by atoms with Gasteiger partial charge in [0, 0.05) is 11.4 Å². The molecule has 0 radical (unpaired) electrons. The zero-order valence-electron chi connectivity index (χ0n) is 10.2. The molecule has 0 aliphatic heterocycles. The van der Waals surface area contributed by atoms with Crippen LogP contribution in [-0.2, 0) is 5.75 Å². The molecule has 2 heteroatoms. The highest BCUT2D eigenvalue weighted by Crippen LogP contribution is 2.19. The molecule has 0 saturated carbocycles. The molecular weight excluding hydrogens is 226 g/mol. The average Bonchev–Trinajstić information content (AvgIpc) is 2.33. The van der Waals surface area contributed by atoms with E-state index in [-0.39, 0.29) is 0 Å². The predicted octanol–water partition coefficient (Wildman–Crippen LogP) is 4.56. The quantitative estimate of drug-likeness (QED) is 0.790. The molecule has 1 N–H and O–H groups in total. The van der Waals surface area contributed by atoms with Crippen LogP contribution in [0, 0.1) is 13.8 Å². The molecule has 0 fully saturated rings. The summed E-state index contributed by atoms with van der Waals surface area (Å²) in [6, 6.07) is 16.9. The molecule has 88 valence electrons. The van der Waals surface area contributed by atoms with Gasteiger partial charge in [0.05, 0.1) is 0 Å². The topological polar surface area (TPSA) is 12.0 Å². The second kappa shape index (κ2) is 5.78. The van der Waals surface area contributed by atoms with Crippen LogP contribution in [0.25, 0.3) is 0 Å². The zero-order valence-corrected chi connectivity index (χ0v) is 11.1. The fourth-order valence-electron chi connectivity index (χ4n) is 1.71.